The number of carbonyl (C=O) groups is 1. The predicted octanol–water partition coefficient (Wildman–Crippen LogP) is 1.50. The molecule has 2 aliphatic heterocycles. The number of hydrogen-bond donors (Lipinski definition) is 0. The maximum Gasteiger partial charge on any atom is 0.253 e. The third-order valence-corrected chi connectivity index (χ3v) is 5.62. The van der Waals surface area contributed by atoms with Crippen LogP contribution in [0.3, 0.4) is 0 Å². The lowest BCUT2D eigenvalue weighted by molar-refractivity contribution is 0.0746. The van der Waals surface area contributed by atoms with Crippen LogP contribution in [0.1, 0.15) is 15.9 Å². The molecule has 2 aromatic rings. The maximum atomic E-state index is 12.7. The molecule has 0 unspecified atom stereocenters. The third-order valence-electron chi connectivity index (χ3n) is 5.62. The first kappa shape index (κ1) is 18.7. The molecule has 0 atom stereocenters. The zero-order valence-corrected chi connectivity index (χ0v) is 16.7. The van der Waals surface area contributed by atoms with Crippen molar-refractivity contribution in [2.24, 2.45) is 0 Å². The molecule has 7 nitrogen and oxygen atoms in total. The number of amides is 1. The quantitative estimate of drug-likeness (QED) is 0.804. The van der Waals surface area contributed by atoms with Crippen molar-refractivity contribution in [1.29, 1.82) is 0 Å². The van der Waals surface area contributed by atoms with E-state index in [0.29, 0.717) is 13.1 Å². The van der Waals surface area contributed by atoms with E-state index in [1.54, 1.807) is 0 Å². The minimum absolute atomic E-state index is 0.111. The fourth-order valence-electron chi connectivity index (χ4n) is 3.79. The van der Waals surface area contributed by atoms with Crippen LogP contribution in [0.5, 0.6) is 0 Å². The molecule has 0 radical (unpaired) electrons. The van der Waals surface area contributed by atoms with E-state index in [1.807, 2.05) is 36.1 Å². The number of likely N-dealkylation sites (N-methyl/N-ethyl adjacent to an activating group) is 1. The van der Waals surface area contributed by atoms with Gasteiger partial charge >= 0.3 is 0 Å². The van der Waals surface area contributed by atoms with Crippen LogP contribution in [-0.4, -0.2) is 85.3 Å². The number of aryl methyl sites for hydroxylation is 1. The summed E-state index contributed by atoms with van der Waals surface area (Å²) >= 11 is 0. The van der Waals surface area contributed by atoms with Crippen molar-refractivity contribution >= 4 is 17.5 Å². The van der Waals surface area contributed by atoms with E-state index in [1.165, 1.54) is 0 Å². The number of rotatable bonds is 3. The molecule has 0 N–H and O–H groups in total. The van der Waals surface area contributed by atoms with Gasteiger partial charge in [0.15, 0.2) is 11.6 Å². The normalized spacial score (nSPS) is 18.4. The van der Waals surface area contributed by atoms with Crippen LogP contribution in [0.15, 0.2) is 36.4 Å². The largest absolute Gasteiger partial charge is 0.353 e. The van der Waals surface area contributed by atoms with Crippen LogP contribution in [-0.2, 0) is 0 Å². The highest BCUT2D eigenvalue weighted by Gasteiger charge is 2.23. The summed E-state index contributed by atoms with van der Waals surface area (Å²) in [7, 11) is 2.15. The number of carbonyl (C=O) groups excluding carboxylic acids is 1. The lowest BCUT2D eigenvalue weighted by Crippen LogP contribution is -2.49. The van der Waals surface area contributed by atoms with Gasteiger partial charge in [0.2, 0.25) is 0 Å². The Morgan fingerprint density at radius 1 is 0.821 bits per heavy atom. The van der Waals surface area contributed by atoms with E-state index < -0.39 is 0 Å². The SMILES string of the molecule is Cc1cccc(C(=O)N2CCN(c3ccc(N4CCN(C)CC4)nn3)CC2)c1. The van der Waals surface area contributed by atoms with E-state index in [0.717, 1.165) is 62.0 Å². The monoisotopic (exact) mass is 380 g/mol. The number of hydrogen-bond acceptors (Lipinski definition) is 6. The molecule has 2 aliphatic rings. The molecule has 3 heterocycles. The smallest absolute Gasteiger partial charge is 0.253 e. The van der Waals surface area contributed by atoms with Crippen molar-refractivity contribution in [1.82, 2.24) is 20.0 Å². The van der Waals surface area contributed by atoms with Crippen LogP contribution >= 0.6 is 0 Å². The summed E-state index contributed by atoms with van der Waals surface area (Å²) in [5, 5.41) is 8.90. The van der Waals surface area contributed by atoms with E-state index in [4.69, 9.17) is 0 Å². The molecule has 2 saturated heterocycles. The fraction of sp³-hybridized carbons (Fsp3) is 0.476. The molecule has 2 fully saturated rings. The van der Waals surface area contributed by atoms with Crippen LogP contribution in [0.2, 0.25) is 0 Å². The molecule has 0 saturated carbocycles. The molecule has 7 heteroatoms. The van der Waals surface area contributed by atoms with Crippen LogP contribution in [0, 0.1) is 6.92 Å². The number of piperazine rings is 2. The molecule has 148 valence electrons. The summed E-state index contributed by atoms with van der Waals surface area (Å²) < 4.78 is 0. The highest BCUT2D eigenvalue weighted by molar-refractivity contribution is 5.94. The first-order valence-electron chi connectivity index (χ1n) is 9.98. The van der Waals surface area contributed by atoms with Gasteiger partial charge in [-0.3, -0.25) is 4.79 Å². The standard InChI is InChI=1S/C21H28N6O/c1-17-4-3-5-18(16-17)21(28)27-14-12-26(13-15-27)20-7-6-19(22-23-20)25-10-8-24(2)9-11-25/h3-7,16H,8-15H2,1-2H3. The fourth-order valence-corrected chi connectivity index (χ4v) is 3.79. The average Bonchev–Trinajstić information content (AvgIpc) is 2.74. The van der Waals surface area contributed by atoms with Gasteiger partial charge in [0.05, 0.1) is 0 Å². The number of aromatic nitrogens is 2. The Morgan fingerprint density at radius 3 is 1.93 bits per heavy atom. The van der Waals surface area contributed by atoms with Gasteiger partial charge in [-0.2, -0.15) is 0 Å². The summed E-state index contributed by atoms with van der Waals surface area (Å²) in [6.07, 6.45) is 0. The molecular weight excluding hydrogens is 352 g/mol. The Balaban J connectivity index is 1.34. The average molecular weight is 380 g/mol. The Bertz CT molecular complexity index is 808. The van der Waals surface area contributed by atoms with Crippen LogP contribution < -0.4 is 9.80 Å². The Morgan fingerprint density at radius 2 is 1.39 bits per heavy atom. The Labute approximate surface area is 166 Å². The van der Waals surface area contributed by atoms with Crippen molar-refractivity contribution < 1.29 is 4.79 Å². The molecule has 1 aromatic heterocycles. The van der Waals surface area contributed by atoms with Gasteiger partial charge in [-0.15, -0.1) is 10.2 Å². The maximum absolute atomic E-state index is 12.7. The second-order valence-electron chi connectivity index (χ2n) is 7.69. The molecule has 0 spiro atoms. The van der Waals surface area contributed by atoms with E-state index in [9.17, 15) is 4.79 Å². The van der Waals surface area contributed by atoms with E-state index in [-0.39, 0.29) is 5.91 Å². The zero-order valence-electron chi connectivity index (χ0n) is 16.7. The lowest BCUT2D eigenvalue weighted by atomic mass is 10.1. The van der Waals surface area contributed by atoms with Gasteiger partial charge in [0, 0.05) is 57.9 Å². The van der Waals surface area contributed by atoms with Crippen molar-refractivity contribution in [2.75, 3.05) is 69.2 Å². The summed E-state index contributed by atoms with van der Waals surface area (Å²) in [6.45, 7) is 9.07. The Hall–Kier alpha value is -2.67. The van der Waals surface area contributed by atoms with Crippen molar-refractivity contribution in [3.8, 4) is 0 Å². The number of anilines is 2. The molecule has 1 amide bonds. The lowest BCUT2D eigenvalue weighted by Gasteiger charge is -2.36. The van der Waals surface area contributed by atoms with E-state index >= 15 is 0 Å². The van der Waals surface area contributed by atoms with Gasteiger partial charge in [0.1, 0.15) is 0 Å². The molecule has 1 aromatic carbocycles. The second kappa shape index (κ2) is 8.14. The summed E-state index contributed by atoms with van der Waals surface area (Å²) in [5.74, 6) is 1.95. The molecule has 4 rings (SSSR count). The van der Waals surface area contributed by atoms with Gasteiger partial charge in [-0.1, -0.05) is 17.7 Å². The molecule has 0 bridgehead atoms. The minimum atomic E-state index is 0.111. The molecule has 28 heavy (non-hydrogen) atoms. The zero-order chi connectivity index (χ0) is 19.5. The minimum Gasteiger partial charge on any atom is -0.353 e. The highest BCUT2D eigenvalue weighted by atomic mass is 16.2. The topological polar surface area (TPSA) is 55.8 Å². The van der Waals surface area contributed by atoms with E-state index in [2.05, 4.69) is 44.1 Å². The predicted molar refractivity (Wildman–Crippen MR) is 111 cm³/mol. The summed E-state index contributed by atoms with van der Waals surface area (Å²) in [6, 6.07) is 11.9. The summed E-state index contributed by atoms with van der Waals surface area (Å²) in [5.41, 5.74) is 1.88. The van der Waals surface area contributed by atoms with Gasteiger partial charge < -0.3 is 19.6 Å². The second-order valence-corrected chi connectivity index (χ2v) is 7.69. The van der Waals surface area contributed by atoms with Gasteiger partial charge in [-0.25, -0.2) is 0 Å². The first-order valence-corrected chi connectivity index (χ1v) is 9.98. The third kappa shape index (κ3) is 4.09. The summed E-state index contributed by atoms with van der Waals surface area (Å²) in [4.78, 5) is 21.5. The van der Waals surface area contributed by atoms with Crippen molar-refractivity contribution in [2.45, 2.75) is 6.92 Å². The Kier molecular flexibility index (Phi) is 5.43. The van der Waals surface area contributed by atoms with Crippen molar-refractivity contribution in [3.63, 3.8) is 0 Å². The van der Waals surface area contributed by atoms with Gasteiger partial charge in [0.25, 0.3) is 5.91 Å². The molecular formula is C21H28N6O. The van der Waals surface area contributed by atoms with Gasteiger partial charge in [-0.05, 0) is 38.2 Å². The number of benzene rings is 1. The number of nitrogens with zero attached hydrogens (tertiary/aromatic N) is 6. The van der Waals surface area contributed by atoms with Crippen LogP contribution in [0.25, 0.3) is 0 Å². The van der Waals surface area contributed by atoms with Crippen LogP contribution in [0.4, 0.5) is 11.6 Å². The highest BCUT2D eigenvalue weighted by Crippen LogP contribution is 2.18. The van der Waals surface area contributed by atoms with Crippen molar-refractivity contribution in [3.05, 3.63) is 47.5 Å². The first-order chi connectivity index (χ1) is 13.6. The molecule has 0 aliphatic carbocycles.